The highest BCUT2D eigenvalue weighted by molar-refractivity contribution is 7.91. The second-order valence-corrected chi connectivity index (χ2v) is 9.58. The van der Waals surface area contributed by atoms with Crippen molar-refractivity contribution in [2.75, 3.05) is 4.72 Å². The number of anilines is 1. The SMILES string of the molecule is CC(=O)Oc1ccc(-c2cnc(NS(=O)(=O)Cc3ccc(O)cc3)c(Cc3ccccc3)n2)cc1. The molecule has 178 valence electrons. The number of rotatable bonds is 8. The van der Waals surface area contributed by atoms with Gasteiger partial charge in [-0.25, -0.2) is 18.4 Å². The number of hydrogen-bond acceptors (Lipinski definition) is 7. The van der Waals surface area contributed by atoms with E-state index in [9.17, 15) is 18.3 Å². The number of nitrogens with zero attached hydrogens (tertiary/aromatic N) is 2. The molecule has 0 aliphatic heterocycles. The number of ether oxygens (including phenoxy) is 1. The third kappa shape index (κ3) is 6.64. The average Bonchev–Trinajstić information content (AvgIpc) is 2.82. The van der Waals surface area contributed by atoms with Gasteiger partial charge in [0.2, 0.25) is 10.0 Å². The van der Waals surface area contributed by atoms with Gasteiger partial charge in [0, 0.05) is 18.9 Å². The molecule has 0 aliphatic carbocycles. The highest BCUT2D eigenvalue weighted by atomic mass is 32.2. The van der Waals surface area contributed by atoms with Crippen molar-refractivity contribution in [3.8, 4) is 22.8 Å². The molecule has 0 spiro atoms. The van der Waals surface area contributed by atoms with Crippen LogP contribution in [0.15, 0.2) is 85.1 Å². The lowest BCUT2D eigenvalue weighted by Crippen LogP contribution is -2.18. The predicted molar refractivity (Wildman–Crippen MR) is 132 cm³/mol. The van der Waals surface area contributed by atoms with E-state index < -0.39 is 16.0 Å². The van der Waals surface area contributed by atoms with Gasteiger partial charge in [-0.15, -0.1) is 0 Å². The third-order valence-corrected chi connectivity index (χ3v) is 6.23. The van der Waals surface area contributed by atoms with E-state index in [1.807, 2.05) is 30.3 Å². The first kappa shape index (κ1) is 23.9. The number of nitrogens with one attached hydrogen (secondary N) is 1. The zero-order chi connectivity index (χ0) is 24.8. The van der Waals surface area contributed by atoms with Gasteiger partial charge in [-0.1, -0.05) is 42.5 Å². The van der Waals surface area contributed by atoms with E-state index in [2.05, 4.69) is 9.71 Å². The van der Waals surface area contributed by atoms with Crippen molar-refractivity contribution >= 4 is 21.8 Å². The first-order chi connectivity index (χ1) is 16.8. The summed E-state index contributed by atoms with van der Waals surface area (Å²) in [4.78, 5) is 20.2. The van der Waals surface area contributed by atoms with E-state index >= 15 is 0 Å². The highest BCUT2D eigenvalue weighted by Gasteiger charge is 2.18. The second-order valence-electron chi connectivity index (χ2n) is 7.86. The molecule has 0 saturated heterocycles. The third-order valence-electron chi connectivity index (χ3n) is 5.02. The fourth-order valence-corrected chi connectivity index (χ4v) is 4.59. The summed E-state index contributed by atoms with van der Waals surface area (Å²) in [5.41, 5.74) is 3.22. The first-order valence-corrected chi connectivity index (χ1v) is 12.4. The minimum atomic E-state index is -3.79. The molecular weight excluding hydrogens is 466 g/mol. The molecule has 0 atom stereocenters. The number of aromatic hydroxyl groups is 1. The molecule has 8 nitrogen and oxygen atoms in total. The van der Waals surface area contributed by atoms with Crippen LogP contribution in [0.25, 0.3) is 11.3 Å². The minimum absolute atomic E-state index is 0.0617. The van der Waals surface area contributed by atoms with Crippen molar-refractivity contribution in [2.24, 2.45) is 0 Å². The zero-order valence-electron chi connectivity index (χ0n) is 18.9. The van der Waals surface area contributed by atoms with Crippen LogP contribution < -0.4 is 9.46 Å². The maximum atomic E-state index is 12.9. The van der Waals surface area contributed by atoms with E-state index in [4.69, 9.17) is 9.72 Å². The van der Waals surface area contributed by atoms with Crippen LogP contribution in [0.1, 0.15) is 23.7 Å². The van der Waals surface area contributed by atoms with Crippen LogP contribution in [0.5, 0.6) is 11.5 Å². The molecule has 0 aliphatic rings. The van der Waals surface area contributed by atoms with Crippen LogP contribution in [0.2, 0.25) is 0 Å². The van der Waals surface area contributed by atoms with Crippen molar-refractivity contribution in [1.29, 1.82) is 0 Å². The lowest BCUT2D eigenvalue weighted by molar-refractivity contribution is -0.131. The molecule has 3 aromatic carbocycles. The summed E-state index contributed by atoms with van der Waals surface area (Å²) in [5.74, 6) is -0.0671. The van der Waals surface area contributed by atoms with Crippen LogP contribution in [0, 0.1) is 0 Å². The van der Waals surface area contributed by atoms with Crippen LogP contribution in [0.4, 0.5) is 5.82 Å². The van der Waals surface area contributed by atoms with E-state index in [0.29, 0.717) is 29.1 Å². The van der Waals surface area contributed by atoms with Crippen LogP contribution in [-0.4, -0.2) is 29.5 Å². The largest absolute Gasteiger partial charge is 0.508 e. The fourth-order valence-electron chi connectivity index (χ4n) is 3.42. The van der Waals surface area contributed by atoms with Gasteiger partial charge in [-0.3, -0.25) is 9.52 Å². The van der Waals surface area contributed by atoms with E-state index in [-0.39, 0.29) is 17.3 Å². The molecule has 0 fully saturated rings. The molecular formula is C26H23N3O5S. The number of aromatic nitrogens is 2. The summed E-state index contributed by atoms with van der Waals surface area (Å²) in [6.07, 6.45) is 1.86. The Morgan fingerprint density at radius 2 is 1.63 bits per heavy atom. The Morgan fingerprint density at radius 3 is 2.29 bits per heavy atom. The van der Waals surface area contributed by atoms with E-state index in [1.54, 1.807) is 36.4 Å². The topological polar surface area (TPSA) is 118 Å². The van der Waals surface area contributed by atoms with Gasteiger partial charge in [0.25, 0.3) is 0 Å². The number of sulfonamides is 1. The lowest BCUT2D eigenvalue weighted by atomic mass is 10.1. The Kier molecular flexibility index (Phi) is 7.07. The number of phenols is 1. The summed E-state index contributed by atoms with van der Waals surface area (Å²) in [6, 6.07) is 22.3. The number of esters is 1. The van der Waals surface area contributed by atoms with Gasteiger partial charge in [0.05, 0.1) is 23.3 Å². The summed E-state index contributed by atoms with van der Waals surface area (Å²) >= 11 is 0. The molecule has 0 saturated carbocycles. The van der Waals surface area contributed by atoms with Gasteiger partial charge < -0.3 is 9.84 Å². The second kappa shape index (κ2) is 10.4. The molecule has 0 radical (unpaired) electrons. The Morgan fingerprint density at radius 1 is 0.943 bits per heavy atom. The lowest BCUT2D eigenvalue weighted by Gasteiger charge is -2.13. The summed E-state index contributed by atoms with van der Waals surface area (Å²) in [5, 5.41) is 9.43. The predicted octanol–water partition coefficient (Wildman–Crippen LogP) is 4.31. The zero-order valence-corrected chi connectivity index (χ0v) is 19.7. The molecule has 4 aromatic rings. The number of carbonyl (C=O) groups excluding carboxylic acids is 1. The van der Waals surface area contributed by atoms with Crippen molar-refractivity contribution in [3.63, 3.8) is 0 Å². The molecule has 9 heteroatoms. The number of phenolic OH excluding ortho intramolecular Hbond substituents is 1. The average molecular weight is 490 g/mol. The number of carbonyl (C=O) groups is 1. The number of benzene rings is 3. The van der Waals surface area contributed by atoms with Crippen LogP contribution >= 0.6 is 0 Å². The van der Waals surface area contributed by atoms with Gasteiger partial charge >= 0.3 is 5.97 Å². The Bertz CT molecular complexity index is 1420. The van der Waals surface area contributed by atoms with Crippen LogP contribution in [-0.2, 0) is 27.0 Å². The maximum absolute atomic E-state index is 12.9. The summed E-state index contributed by atoms with van der Waals surface area (Å²) in [7, 11) is -3.79. The maximum Gasteiger partial charge on any atom is 0.308 e. The van der Waals surface area contributed by atoms with Crippen molar-refractivity contribution in [2.45, 2.75) is 19.1 Å². The Hall–Kier alpha value is -4.24. The van der Waals surface area contributed by atoms with Gasteiger partial charge in [0.15, 0.2) is 5.82 Å². The molecule has 0 bridgehead atoms. The highest BCUT2D eigenvalue weighted by Crippen LogP contribution is 2.25. The quantitative estimate of drug-likeness (QED) is 0.280. The number of hydrogen-bond donors (Lipinski definition) is 2. The molecule has 1 aromatic heterocycles. The van der Waals surface area contributed by atoms with Crippen molar-refractivity contribution in [3.05, 3.63) is 102 Å². The molecule has 1 heterocycles. The van der Waals surface area contributed by atoms with Gasteiger partial charge in [-0.2, -0.15) is 0 Å². The molecule has 2 N–H and O–H groups in total. The Balaban J connectivity index is 1.64. The minimum Gasteiger partial charge on any atom is -0.508 e. The van der Waals surface area contributed by atoms with Gasteiger partial charge in [0.1, 0.15) is 11.5 Å². The smallest absolute Gasteiger partial charge is 0.308 e. The fraction of sp³-hybridized carbons (Fsp3) is 0.115. The molecule has 4 rings (SSSR count). The first-order valence-electron chi connectivity index (χ1n) is 10.7. The molecule has 0 amide bonds. The van der Waals surface area contributed by atoms with Gasteiger partial charge in [-0.05, 0) is 47.5 Å². The molecule has 0 unspecified atom stereocenters. The monoisotopic (exact) mass is 489 g/mol. The summed E-state index contributed by atoms with van der Waals surface area (Å²) < 4.78 is 33.3. The van der Waals surface area contributed by atoms with E-state index in [0.717, 1.165) is 11.1 Å². The standard InChI is InChI=1S/C26H23N3O5S/c1-18(30)34-23-13-9-21(10-14-23)25-16-27-26(24(28-25)15-19-5-3-2-4-6-19)29-35(32,33)17-20-7-11-22(31)12-8-20/h2-14,16,31H,15,17H2,1H3,(H,27,29). The normalized spacial score (nSPS) is 11.1. The van der Waals surface area contributed by atoms with Crippen LogP contribution in [0.3, 0.4) is 0 Å². The molecule has 35 heavy (non-hydrogen) atoms. The van der Waals surface area contributed by atoms with E-state index in [1.165, 1.54) is 25.3 Å². The Labute approximate surface area is 203 Å². The van der Waals surface area contributed by atoms with Crippen molar-refractivity contribution < 1.29 is 23.1 Å². The van der Waals surface area contributed by atoms with Crippen molar-refractivity contribution in [1.82, 2.24) is 9.97 Å². The summed E-state index contributed by atoms with van der Waals surface area (Å²) in [6.45, 7) is 1.33.